The zero-order chi connectivity index (χ0) is 11.0. The summed E-state index contributed by atoms with van der Waals surface area (Å²) in [5.41, 5.74) is 0.475. The van der Waals surface area contributed by atoms with E-state index in [1.165, 1.54) is 12.8 Å². The van der Waals surface area contributed by atoms with Crippen molar-refractivity contribution in [2.75, 3.05) is 0 Å². The third kappa shape index (κ3) is 3.09. The number of nitrogens with one attached hydrogen (secondary N) is 1. The molecular weight excluding hydrogens is 238 g/mol. The van der Waals surface area contributed by atoms with E-state index in [-0.39, 0.29) is 11.1 Å². The first-order valence-corrected chi connectivity index (χ1v) is 6.23. The van der Waals surface area contributed by atoms with Crippen LogP contribution in [0.15, 0.2) is 12.7 Å². The average Bonchev–Trinajstić information content (AvgIpc) is 1.97. The Balaban J connectivity index is 2.76. The Labute approximate surface area is 96.5 Å². The fourth-order valence-electron chi connectivity index (χ4n) is 2.82. The monoisotopic (exact) mass is 259 g/mol. The molecule has 1 nitrogen and oxygen atoms in total. The number of allylic oxidation sites excluding steroid dienone is 1. The lowest BCUT2D eigenvalue weighted by Gasteiger charge is -2.47. The van der Waals surface area contributed by atoms with Crippen molar-refractivity contribution in [2.45, 2.75) is 56.4 Å². The molecule has 82 valence electrons. The average molecular weight is 260 g/mol. The summed E-state index contributed by atoms with van der Waals surface area (Å²) in [4.78, 5) is 0.447. The van der Waals surface area contributed by atoms with Gasteiger partial charge in [-0.1, -0.05) is 22.0 Å². The smallest absolute Gasteiger partial charge is 0.0352 e. The van der Waals surface area contributed by atoms with Gasteiger partial charge in [0.1, 0.15) is 0 Å². The molecule has 1 aliphatic rings. The van der Waals surface area contributed by atoms with E-state index in [1.54, 1.807) is 0 Å². The van der Waals surface area contributed by atoms with Crippen molar-refractivity contribution in [3.63, 3.8) is 0 Å². The number of halogens is 1. The number of piperidine rings is 1. The molecule has 1 rings (SSSR count). The zero-order valence-electron chi connectivity index (χ0n) is 9.73. The van der Waals surface area contributed by atoms with Gasteiger partial charge in [-0.3, -0.25) is 0 Å². The minimum Gasteiger partial charge on any atom is -0.307 e. The number of alkyl halides is 1. The Bertz CT molecular complexity index is 204. The number of rotatable bonds is 2. The standard InChI is InChI=1S/C12H22BrN/c1-6-10(13)9-7-11(2,3)14-12(4,5)8-9/h6,9-10,14H,1,7-8H2,2-5H3. The van der Waals surface area contributed by atoms with E-state index in [1.807, 2.05) is 6.08 Å². The fraction of sp³-hybridized carbons (Fsp3) is 0.833. The maximum absolute atomic E-state index is 3.86. The summed E-state index contributed by atoms with van der Waals surface area (Å²) in [7, 11) is 0. The Morgan fingerprint density at radius 3 is 2.07 bits per heavy atom. The molecule has 0 radical (unpaired) electrons. The Morgan fingerprint density at radius 1 is 1.29 bits per heavy atom. The highest BCUT2D eigenvalue weighted by Crippen LogP contribution is 2.37. The van der Waals surface area contributed by atoms with Gasteiger partial charge in [0.25, 0.3) is 0 Å². The molecule has 1 atom stereocenters. The molecule has 0 bridgehead atoms. The summed E-state index contributed by atoms with van der Waals surface area (Å²) in [6.07, 6.45) is 4.43. The Kier molecular flexibility index (Phi) is 3.48. The van der Waals surface area contributed by atoms with E-state index >= 15 is 0 Å². The van der Waals surface area contributed by atoms with E-state index in [4.69, 9.17) is 0 Å². The molecule has 1 heterocycles. The third-order valence-corrected chi connectivity index (χ3v) is 4.02. The van der Waals surface area contributed by atoms with Crippen LogP contribution in [0.25, 0.3) is 0 Å². The lowest BCUT2D eigenvalue weighted by atomic mass is 9.75. The van der Waals surface area contributed by atoms with Crippen LogP contribution in [0.3, 0.4) is 0 Å². The van der Waals surface area contributed by atoms with Crippen molar-refractivity contribution in [1.29, 1.82) is 0 Å². The van der Waals surface area contributed by atoms with Gasteiger partial charge < -0.3 is 5.32 Å². The normalized spacial score (nSPS) is 28.4. The van der Waals surface area contributed by atoms with Gasteiger partial charge in [0.05, 0.1) is 0 Å². The van der Waals surface area contributed by atoms with Crippen LogP contribution >= 0.6 is 15.9 Å². The van der Waals surface area contributed by atoms with Gasteiger partial charge in [0.15, 0.2) is 0 Å². The van der Waals surface area contributed by atoms with E-state index in [2.05, 4.69) is 55.5 Å². The first-order valence-electron chi connectivity index (χ1n) is 5.32. The highest BCUT2D eigenvalue weighted by Gasteiger charge is 2.39. The molecule has 0 aromatic heterocycles. The van der Waals surface area contributed by atoms with E-state index in [9.17, 15) is 0 Å². The van der Waals surface area contributed by atoms with Gasteiger partial charge in [-0.25, -0.2) is 0 Å². The van der Waals surface area contributed by atoms with E-state index in [0.717, 1.165) is 0 Å². The zero-order valence-corrected chi connectivity index (χ0v) is 11.3. The van der Waals surface area contributed by atoms with Crippen LogP contribution in [0, 0.1) is 5.92 Å². The van der Waals surface area contributed by atoms with Gasteiger partial charge in [0.2, 0.25) is 0 Å². The maximum Gasteiger partial charge on any atom is 0.0352 e. The molecule has 0 aliphatic carbocycles. The maximum atomic E-state index is 3.86. The summed E-state index contributed by atoms with van der Waals surface area (Å²) in [6, 6.07) is 0. The van der Waals surface area contributed by atoms with Crippen LogP contribution in [-0.4, -0.2) is 15.9 Å². The molecule has 0 spiro atoms. The summed E-state index contributed by atoms with van der Waals surface area (Å²) in [5.74, 6) is 0.693. The molecule has 1 aliphatic heterocycles. The van der Waals surface area contributed by atoms with Gasteiger partial charge in [0, 0.05) is 15.9 Å². The molecule has 2 heteroatoms. The molecule has 14 heavy (non-hydrogen) atoms. The van der Waals surface area contributed by atoms with Crippen LogP contribution < -0.4 is 5.32 Å². The third-order valence-electron chi connectivity index (χ3n) is 2.90. The Morgan fingerprint density at radius 2 is 1.71 bits per heavy atom. The second-order valence-electron chi connectivity index (χ2n) is 5.74. The predicted octanol–water partition coefficient (Wildman–Crippen LogP) is 3.49. The molecule has 1 N–H and O–H groups in total. The van der Waals surface area contributed by atoms with Crippen LogP contribution in [-0.2, 0) is 0 Å². The van der Waals surface area contributed by atoms with Crippen LogP contribution in [0.1, 0.15) is 40.5 Å². The molecule has 0 aromatic rings. The molecule has 0 saturated carbocycles. The largest absolute Gasteiger partial charge is 0.307 e. The number of hydrogen-bond donors (Lipinski definition) is 1. The van der Waals surface area contributed by atoms with Crippen molar-refractivity contribution in [1.82, 2.24) is 5.32 Å². The van der Waals surface area contributed by atoms with Crippen LogP contribution in [0.2, 0.25) is 0 Å². The lowest BCUT2D eigenvalue weighted by molar-refractivity contribution is 0.133. The van der Waals surface area contributed by atoms with Crippen LogP contribution in [0.5, 0.6) is 0 Å². The van der Waals surface area contributed by atoms with E-state index in [0.29, 0.717) is 10.7 Å². The molecule has 0 aromatic carbocycles. The lowest BCUT2D eigenvalue weighted by Crippen LogP contribution is -2.58. The number of hydrogen-bond acceptors (Lipinski definition) is 1. The molecule has 1 saturated heterocycles. The molecular formula is C12H22BrN. The predicted molar refractivity (Wildman–Crippen MR) is 66.9 cm³/mol. The minimum absolute atomic E-state index is 0.238. The summed E-state index contributed by atoms with van der Waals surface area (Å²) < 4.78 is 0. The summed E-state index contributed by atoms with van der Waals surface area (Å²) in [5, 5.41) is 3.69. The van der Waals surface area contributed by atoms with Crippen molar-refractivity contribution >= 4 is 15.9 Å². The van der Waals surface area contributed by atoms with Crippen LogP contribution in [0.4, 0.5) is 0 Å². The molecule has 0 amide bonds. The summed E-state index contributed by atoms with van der Waals surface area (Å²) in [6.45, 7) is 13.0. The quantitative estimate of drug-likeness (QED) is 0.592. The fourth-order valence-corrected chi connectivity index (χ4v) is 3.19. The minimum atomic E-state index is 0.238. The summed E-state index contributed by atoms with van der Waals surface area (Å²) >= 11 is 3.70. The first kappa shape index (κ1) is 12.3. The molecule has 1 unspecified atom stereocenters. The van der Waals surface area contributed by atoms with Crippen molar-refractivity contribution in [3.05, 3.63) is 12.7 Å². The second-order valence-corrected chi connectivity index (χ2v) is 6.80. The van der Waals surface area contributed by atoms with Gasteiger partial charge in [-0.2, -0.15) is 0 Å². The topological polar surface area (TPSA) is 12.0 Å². The SMILES string of the molecule is C=CC(Br)C1CC(C)(C)NC(C)(C)C1. The van der Waals surface area contributed by atoms with E-state index < -0.39 is 0 Å². The Hall–Kier alpha value is 0.180. The van der Waals surface area contributed by atoms with Gasteiger partial charge in [-0.15, -0.1) is 6.58 Å². The highest BCUT2D eigenvalue weighted by molar-refractivity contribution is 9.09. The highest BCUT2D eigenvalue weighted by atomic mass is 79.9. The van der Waals surface area contributed by atoms with Gasteiger partial charge in [-0.05, 0) is 46.5 Å². The first-order chi connectivity index (χ1) is 6.26. The van der Waals surface area contributed by atoms with Crippen molar-refractivity contribution in [3.8, 4) is 0 Å². The van der Waals surface area contributed by atoms with Crippen molar-refractivity contribution < 1.29 is 0 Å². The van der Waals surface area contributed by atoms with Crippen molar-refractivity contribution in [2.24, 2.45) is 5.92 Å². The molecule has 1 fully saturated rings. The second kappa shape index (κ2) is 3.97. The van der Waals surface area contributed by atoms with Gasteiger partial charge >= 0.3 is 0 Å².